The first-order chi connectivity index (χ1) is 9.19. The minimum atomic E-state index is -0.0485. The van der Waals surface area contributed by atoms with Gasteiger partial charge >= 0.3 is 0 Å². The molecule has 1 saturated heterocycles. The second-order valence-electron chi connectivity index (χ2n) is 4.84. The van der Waals surface area contributed by atoms with E-state index >= 15 is 0 Å². The molecule has 0 amide bonds. The first-order valence-electron chi connectivity index (χ1n) is 6.40. The number of hydrogen-bond donors (Lipinski definition) is 1. The monoisotopic (exact) mass is 303 g/mol. The molecule has 1 N–H and O–H groups in total. The minimum Gasteiger partial charge on any atom is -0.496 e. The van der Waals surface area contributed by atoms with E-state index in [2.05, 4.69) is 5.32 Å². The number of halogens is 2. The summed E-state index contributed by atoms with van der Waals surface area (Å²) in [7, 11) is 1.67. The van der Waals surface area contributed by atoms with E-state index in [1.54, 1.807) is 7.11 Å². The standard InChI is InChI=1S/C14H19Cl2NO2/c1-18-13-3-2-12(16)8-11(13)9-17-14(10-15)4-6-19-7-5-14/h2-3,8,17H,4-7,9-10H2,1H3. The molecule has 106 valence electrons. The number of ether oxygens (including phenoxy) is 2. The molecule has 1 aromatic carbocycles. The van der Waals surface area contributed by atoms with Crippen LogP contribution in [0.2, 0.25) is 5.02 Å². The highest BCUT2D eigenvalue weighted by molar-refractivity contribution is 6.30. The van der Waals surface area contributed by atoms with Crippen molar-refractivity contribution in [1.82, 2.24) is 5.32 Å². The topological polar surface area (TPSA) is 30.5 Å². The van der Waals surface area contributed by atoms with E-state index in [1.165, 1.54) is 0 Å². The Labute approximate surface area is 124 Å². The fourth-order valence-electron chi connectivity index (χ4n) is 2.29. The molecule has 0 radical (unpaired) electrons. The van der Waals surface area contributed by atoms with Crippen molar-refractivity contribution in [2.45, 2.75) is 24.9 Å². The highest BCUT2D eigenvalue weighted by Crippen LogP contribution is 2.26. The van der Waals surface area contributed by atoms with Crippen molar-refractivity contribution in [2.75, 3.05) is 26.2 Å². The van der Waals surface area contributed by atoms with Crippen LogP contribution in [0.15, 0.2) is 18.2 Å². The predicted molar refractivity (Wildman–Crippen MR) is 78.3 cm³/mol. The lowest BCUT2D eigenvalue weighted by molar-refractivity contribution is 0.0458. The van der Waals surface area contributed by atoms with E-state index in [0.29, 0.717) is 17.4 Å². The summed E-state index contributed by atoms with van der Waals surface area (Å²) in [5, 5.41) is 4.26. The maximum Gasteiger partial charge on any atom is 0.123 e. The zero-order chi connectivity index (χ0) is 13.7. The summed E-state index contributed by atoms with van der Waals surface area (Å²) in [5.74, 6) is 1.42. The molecule has 1 aliphatic rings. The quantitative estimate of drug-likeness (QED) is 0.847. The van der Waals surface area contributed by atoms with Gasteiger partial charge < -0.3 is 14.8 Å². The molecule has 5 heteroatoms. The third-order valence-electron chi connectivity index (χ3n) is 3.60. The van der Waals surface area contributed by atoms with Gasteiger partial charge in [0.1, 0.15) is 5.75 Å². The minimum absolute atomic E-state index is 0.0485. The summed E-state index contributed by atoms with van der Waals surface area (Å²) in [6.45, 7) is 2.20. The first-order valence-corrected chi connectivity index (χ1v) is 7.31. The molecular formula is C14H19Cl2NO2. The van der Waals surface area contributed by atoms with E-state index < -0.39 is 0 Å². The van der Waals surface area contributed by atoms with Gasteiger partial charge in [-0.25, -0.2) is 0 Å². The van der Waals surface area contributed by atoms with Gasteiger partial charge in [0.05, 0.1) is 7.11 Å². The Hall–Kier alpha value is -0.480. The van der Waals surface area contributed by atoms with Crippen LogP contribution in [-0.4, -0.2) is 31.7 Å². The van der Waals surface area contributed by atoms with Crippen LogP contribution in [0.3, 0.4) is 0 Å². The third kappa shape index (κ3) is 3.76. The molecule has 19 heavy (non-hydrogen) atoms. The number of rotatable bonds is 5. The van der Waals surface area contributed by atoms with Gasteiger partial charge in [0.15, 0.2) is 0 Å². The predicted octanol–water partition coefficient (Wildman–Crippen LogP) is 3.23. The van der Waals surface area contributed by atoms with Crippen molar-refractivity contribution >= 4 is 23.2 Å². The molecule has 1 fully saturated rings. The number of nitrogens with one attached hydrogen (secondary N) is 1. The van der Waals surface area contributed by atoms with Gasteiger partial charge in [-0.15, -0.1) is 11.6 Å². The largest absolute Gasteiger partial charge is 0.496 e. The van der Waals surface area contributed by atoms with Crippen LogP contribution in [0, 0.1) is 0 Å². The van der Waals surface area contributed by atoms with Crippen LogP contribution in [0.5, 0.6) is 5.75 Å². The summed E-state index contributed by atoms with van der Waals surface area (Å²) in [4.78, 5) is 0. The fourth-order valence-corrected chi connectivity index (χ4v) is 2.84. The average molecular weight is 304 g/mol. The Kier molecular flexibility index (Phi) is 5.34. The van der Waals surface area contributed by atoms with Crippen LogP contribution < -0.4 is 10.1 Å². The Morgan fingerprint density at radius 3 is 2.74 bits per heavy atom. The van der Waals surface area contributed by atoms with Crippen molar-refractivity contribution in [1.29, 1.82) is 0 Å². The zero-order valence-electron chi connectivity index (χ0n) is 11.0. The first kappa shape index (κ1) is 14.9. The van der Waals surface area contributed by atoms with Crippen molar-refractivity contribution in [3.05, 3.63) is 28.8 Å². The molecular weight excluding hydrogens is 285 g/mol. The normalized spacial score (nSPS) is 18.3. The molecule has 1 heterocycles. The molecule has 0 spiro atoms. The van der Waals surface area contributed by atoms with Gasteiger partial charge in [-0.2, -0.15) is 0 Å². The SMILES string of the molecule is COc1ccc(Cl)cc1CNC1(CCl)CCOCC1. The van der Waals surface area contributed by atoms with Gasteiger partial charge in [0.25, 0.3) is 0 Å². The number of hydrogen-bond acceptors (Lipinski definition) is 3. The Balaban J connectivity index is 2.06. The lowest BCUT2D eigenvalue weighted by Crippen LogP contribution is -2.50. The molecule has 0 bridgehead atoms. The summed E-state index contributed by atoms with van der Waals surface area (Å²) in [5.41, 5.74) is 0.999. The highest BCUT2D eigenvalue weighted by atomic mass is 35.5. The van der Waals surface area contributed by atoms with Gasteiger partial charge in [-0.3, -0.25) is 0 Å². The van der Waals surface area contributed by atoms with Crippen molar-refractivity contribution in [2.24, 2.45) is 0 Å². The van der Waals surface area contributed by atoms with Crippen LogP contribution in [0.4, 0.5) is 0 Å². The second-order valence-corrected chi connectivity index (χ2v) is 5.54. The smallest absolute Gasteiger partial charge is 0.123 e. The molecule has 0 unspecified atom stereocenters. The van der Waals surface area contributed by atoms with Crippen molar-refractivity contribution in [3.63, 3.8) is 0 Å². The van der Waals surface area contributed by atoms with Gasteiger partial charge in [-0.1, -0.05) is 11.6 Å². The van der Waals surface area contributed by atoms with Crippen molar-refractivity contribution < 1.29 is 9.47 Å². The number of benzene rings is 1. The van der Waals surface area contributed by atoms with E-state index in [1.807, 2.05) is 18.2 Å². The fraction of sp³-hybridized carbons (Fsp3) is 0.571. The van der Waals surface area contributed by atoms with E-state index in [0.717, 1.165) is 37.4 Å². The Morgan fingerprint density at radius 2 is 2.11 bits per heavy atom. The summed E-state index contributed by atoms with van der Waals surface area (Å²) in [6.07, 6.45) is 1.86. The Morgan fingerprint density at radius 1 is 1.37 bits per heavy atom. The molecule has 0 aromatic heterocycles. The van der Waals surface area contributed by atoms with E-state index in [4.69, 9.17) is 32.7 Å². The van der Waals surface area contributed by atoms with Crippen molar-refractivity contribution in [3.8, 4) is 5.75 Å². The lowest BCUT2D eigenvalue weighted by Gasteiger charge is -2.36. The summed E-state index contributed by atoms with van der Waals surface area (Å²) >= 11 is 12.2. The van der Waals surface area contributed by atoms with Crippen LogP contribution >= 0.6 is 23.2 Å². The number of methoxy groups -OCH3 is 1. The van der Waals surface area contributed by atoms with Crippen LogP contribution in [0.25, 0.3) is 0 Å². The molecule has 3 nitrogen and oxygen atoms in total. The van der Waals surface area contributed by atoms with Gasteiger partial charge in [-0.05, 0) is 31.0 Å². The van der Waals surface area contributed by atoms with Crippen LogP contribution in [0.1, 0.15) is 18.4 Å². The zero-order valence-corrected chi connectivity index (χ0v) is 12.6. The third-order valence-corrected chi connectivity index (χ3v) is 4.35. The maximum atomic E-state index is 6.13. The Bertz CT molecular complexity index is 420. The van der Waals surface area contributed by atoms with Gasteiger partial charge in [0.2, 0.25) is 0 Å². The summed E-state index contributed by atoms with van der Waals surface area (Å²) in [6, 6.07) is 5.64. The molecule has 0 saturated carbocycles. The number of alkyl halides is 1. The molecule has 1 aromatic rings. The highest BCUT2D eigenvalue weighted by Gasteiger charge is 2.31. The maximum absolute atomic E-state index is 6.13. The molecule has 1 aliphatic heterocycles. The summed E-state index contributed by atoms with van der Waals surface area (Å²) < 4.78 is 10.7. The van der Waals surface area contributed by atoms with E-state index in [-0.39, 0.29) is 5.54 Å². The second kappa shape index (κ2) is 6.80. The average Bonchev–Trinajstić information content (AvgIpc) is 2.46. The molecule has 0 aliphatic carbocycles. The van der Waals surface area contributed by atoms with Crippen LogP contribution in [-0.2, 0) is 11.3 Å². The van der Waals surface area contributed by atoms with Gasteiger partial charge in [0, 0.05) is 41.8 Å². The molecule has 0 atom stereocenters. The molecule has 2 rings (SSSR count). The lowest BCUT2D eigenvalue weighted by atomic mass is 9.92. The van der Waals surface area contributed by atoms with E-state index in [9.17, 15) is 0 Å².